The first-order valence-electron chi connectivity index (χ1n) is 10.4. The fourth-order valence-electron chi connectivity index (χ4n) is 3.73. The van der Waals surface area contributed by atoms with E-state index in [1.165, 1.54) is 6.39 Å². The molecule has 1 N–H and O–H groups in total. The molecule has 0 unspecified atom stereocenters. The number of benzene rings is 1. The van der Waals surface area contributed by atoms with E-state index in [9.17, 15) is 4.79 Å². The second-order valence-corrected chi connectivity index (χ2v) is 7.62. The van der Waals surface area contributed by atoms with E-state index in [1.54, 1.807) is 12.4 Å². The molecule has 0 spiro atoms. The molecule has 3 aromatic heterocycles. The number of carbonyl (C=O) groups excluding carboxylic acids is 1. The lowest BCUT2D eigenvalue weighted by Gasteiger charge is -2.23. The number of ether oxygens (including phenoxy) is 1. The average molecular weight is 414 g/mol. The van der Waals surface area contributed by atoms with Gasteiger partial charge in [0.25, 0.3) is 0 Å². The third kappa shape index (κ3) is 4.46. The van der Waals surface area contributed by atoms with Crippen molar-refractivity contribution < 1.29 is 13.9 Å². The van der Waals surface area contributed by atoms with E-state index in [-0.39, 0.29) is 18.3 Å². The maximum Gasteiger partial charge on any atom is 0.181 e. The lowest BCUT2D eigenvalue weighted by Crippen LogP contribution is -2.34. The minimum atomic E-state index is 0.00616. The largest absolute Gasteiger partial charge is 0.490 e. The number of fused-ring (bicyclic) bond motifs is 1. The van der Waals surface area contributed by atoms with Crippen molar-refractivity contribution in [1.29, 1.82) is 0 Å². The molecule has 0 bridgehead atoms. The van der Waals surface area contributed by atoms with Gasteiger partial charge in [-0.3, -0.25) is 9.78 Å². The van der Waals surface area contributed by atoms with Crippen molar-refractivity contribution in [2.45, 2.75) is 25.4 Å². The van der Waals surface area contributed by atoms with Gasteiger partial charge in [-0.15, -0.1) is 0 Å². The molecule has 1 aliphatic rings. The van der Waals surface area contributed by atoms with Crippen LogP contribution in [0.2, 0.25) is 0 Å². The molecule has 7 nitrogen and oxygen atoms in total. The molecule has 0 saturated carbocycles. The van der Waals surface area contributed by atoms with Gasteiger partial charge in [0.15, 0.2) is 17.9 Å². The van der Waals surface area contributed by atoms with Crippen LogP contribution in [0.5, 0.6) is 5.75 Å². The highest BCUT2D eigenvalue weighted by molar-refractivity contribution is 5.97. The summed E-state index contributed by atoms with van der Waals surface area (Å²) in [6.45, 7) is 1.96. The van der Waals surface area contributed by atoms with Crippen LogP contribution in [0, 0.1) is 0 Å². The Morgan fingerprint density at radius 2 is 1.94 bits per heavy atom. The Kier molecular flexibility index (Phi) is 5.41. The smallest absolute Gasteiger partial charge is 0.181 e. The Morgan fingerprint density at radius 3 is 2.71 bits per heavy atom. The summed E-state index contributed by atoms with van der Waals surface area (Å²) in [5.74, 6) is 1.41. The van der Waals surface area contributed by atoms with Crippen LogP contribution in [0.4, 0.5) is 0 Å². The van der Waals surface area contributed by atoms with Gasteiger partial charge in [-0.05, 0) is 68.4 Å². The van der Waals surface area contributed by atoms with Crippen molar-refractivity contribution in [3.05, 3.63) is 72.5 Å². The lowest BCUT2D eigenvalue weighted by atomic mass is 10.1. The topological polar surface area (TPSA) is 90.1 Å². The Morgan fingerprint density at radius 1 is 1.10 bits per heavy atom. The summed E-state index contributed by atoms with van der Waals surface area (Å²) in [7, 11) is 0. The third-order valence-corrected chi connectivity index (χ3v) is 5.42. The molecule has 156 valence electrons. The number of ketones is 1. The van der Waals surface area contributed by atoms with Crippen LogP contribution in [-0.4, -0.2) is 39.9 Å². The molecule has 1 fully saturated rings. The molecule has 31 heavy (non-hydrogen) atoms. The molecular weight excluding hydrogens is 392 g/mol. The van der Waals surface area contributed by atoms with E-state index in [0.717, 1.165) is 42.6 Å². The van der Waals surface area contributed by atoms with Gasteiger partial charge in [-0.1, -0.05) is 0 Å². The number of nitrogens with zero attached hydrogens (tertiary/aromatic N) is 3. The number of Topliss-reactive ketones (excluding diaryl/α,β-unsaturated/α-hetero) is 1. The normalized spacial score (nSPS) is 14.6. The van der Waals surface area contributed by atoms with Gasteiger partial charge in [0.05, 0.1) is 23.8 Å². The van der Waals surface area contributed by atoms with Crippen LogP contribution in [0.1, 0.15) is 28.9 Å². The maximum atomic E-state index is 12.8. The predicted molar refractivity (Wildman–Crippen MR) is 116 cm³/mol. The highest BCUT2D eigenvalue weighted by atomic mass is 16.5. The first kappa shape index (κ1) is 19.4. The van der Waals surface area contributed by atoms with Gasteiger partial charge in [-0.2, -0.15) is 0 Å². The summed E-state index contributed by atoms with van der Waals surface area (Å²) in [6, 6.07) is 13.0. The quantitative estimate of drug-likeness (QED) is 0.479. The van der Waals surface area contributed by atoms with E-state index >= 15 is 0 Å². The van der Waals surface area contributed by atoms with Crippen LogP contribution < -0.4 is 10.1 Å². The third-order valence-electron chi connectivity index (χ3n) is 5.42. The molecular formula is C24H22N4O3. The first-order valence-corrected chi connectivity index (χ1v) is 10.4. The van der Waals surface area contributed by atoms with E-state index in [2.05, 4.69) is 20.3 Å². The molecule has 5 rings (SSSR count). The highest BCUT2D eigenvalue weighted by Crippen LogP contribution is 2.22. The molecule has 4 heterocycles. The number of hydrogen-bond acceptors (Lipinski definition) is 7. The zero-order valence-electron chi connectivity index (χ0n) is 17.0. The zero-order valence-corrected chi connectivity index (χ0v) is 17.0. The summed E-state index contributed by atoms with van der Waals surface area (Å²) >= 11 is 0. The number of aromatic nitrogens is 3. The summed E-state index contributed by atoms with van der Waals surface area (Å²) in [4.78, 5) is 25.8. The summed E-state index contributed by atoms with van der Waals surface area (Å²) in [5.41, 5.74) is 2.77. The summed E-state index contributed by atoms with van der Waals surface area (Å²) in [5, 5.41) is 4.23. The minimum Gasteiger partial charge on any atom is -0.490 e. The van der Waals surface area contributed by atoms with Gasteiger partial charge in [0.1, 0.15) is 17.5 Å². The SMILES string of the molecule is O=C(Cc1cc2nc(-c3cnco3)ccc2cn1)c1ccc(OC2CCNCC2)cc1. The van der Waals surface area contributed by atoms with Crippen LogP contribution >= 0.6 is 0 Å². The molecule has 1 aliphatic heterocycles. The molecule has 1 saturated heterocycles. The lowest BCUT2D eigenvalue weighted by molar-refractivity contribution is 0.0992. The molecule has 0 amide bonds. The van der Waals surface area contributed by atoms with Gasteiger partial charge >= 0.3 is 0 Å². The van der Waals surface area contributed by atoms with Crippen molar-refractivity contribution in [2.75, 3.05) is 13.1 Å². The molecule has 7 heteroatoms. The van der Waals surface area contributed by atoms with E-state index in [0.29, 0.717) is 22.7 Å². The molecule has 0 radical (unpaired) electrons. The van der Waals surface area contributed by atoms with Crippen molar-refractivity contribution in [2.24, 2.45) is 0 Å². The van der Waals surface area contributed by atoms with Crippen molar-refractivity contribution in [1.82, 2.24) is 20.3 Å². The molecule has 0 atom stereocenters. The number of hydrogen-bond donors (Lipinski definition) is 1. The number of oxazole rings is 1. The number of rotatable bonds is 6. The monoisotopic (exact) mass is 414 g/mol. The Hall–Kier alpha value is -3.58. The zero-order chi connectivity index (χ0) is 21.0. The van der Waals surface area contributed by atoms with Gasteiger partial charge < -0.3 is 14.5 Å². The van der Waals surface area contributed by atoms with Crippen molar-refractivity contribution in [3.8, 4) is 17.2 Å². The van der Waals surface area contributed by atoms with E-state index in [4.69, 9.17) is 9.15 Å². The molecule has 1 aromatic carbocycles. The second kappa shape index (κ2) is 8.65. The predicted octanol–water partition coefficient (Wildman–Crippen LogP) is 3.84. The van der Waals surface area contributed by atoms with Crippen molar-refractivity contribution in [3.63, 3.8) is 0 Å². The van der Waals surface area contributed by atoms with Crippen LogP contribution in [0.15, 0.2) is 65.7 Å². The fraction of sp³-hybridized carbons (Fsp3) is 0.250. The minimum absolute atomic E-state index is 0.00616. The van der Waals surface area contributed by atoms with Gasteiger partial charge in [0, 0.05) is 17.1 Å². The van der Waals surface area contributed by atoms with Crippen LogP contribution in [0.3, 0.4) is 0 Å². The fourth-order valence-corrected chi connectivity index (χ4v) is 3.73. The molecule has 0 aliphatic carbocycles. The number of nitrogens with one attached hydrogen (secondary N) is 1. The van der Waals surface area contributed by atoms with Crippen LogP contribution in [0.25, 0.3) is 22.4 Å². The second-order valence-electron chi connectivity index (χ2n) is 7.62. The maximum absolute atomic E-state index is 12.8. The molecule has 4 aromatic rings. The number of pyridine rings is 2. The van der Waals surface area contributed by atoms with E-state index < -0.39 is 0 Å². The van der Waals surface area contributed by atoms with Gasteiger partial charge in [0.2, 0.25) is 0 Å². The standard InChI is InChI=1S/C24H22N4O3/c29-23(16-1-4-19(5-2-16)31-20-7-9-25-10-8-20)12-18-11-22-17(13-27-18)3-6-21(28-22)24-14-26-15-30-24/h1-6,11,13-15,20,25H,7-10,12H2. The van der Waals surface area contributed by atoms with Crippen LogP contribution in [-0.2, 0) is 6.42 Å². The highest BCUT2D eigenvalue weighted by Gasteiger charge is 2.15. The first-order chi connectivity index (χ1) is 15.2. The number of piperidine rings is 1. The summed E-state index contributed by atoms with van der Waals surface area (Å²) in [6.07, 6.45) is 7.18. The van der Waals surface area contributed by atoms with Gasteiger partial charge in [-0.25, -0.2) is 9.97 Å². The Balaban J connectivity index is 1.29. The number of carbonyl (C=O) groups is 1. The van der Waals surface area contributed by atoms with Crippen molar-refractivity contribution >= 4 is 16.7 Å². The Bertz CT molecular complexity index is 1180. The Labute approximate surface area is 179 Å². The average Bonchev–Trinajstić information content (AvgIpc) is 3.35. The van der Waals surface area contributed by atoms with E-state index in [1.807, 2.05) is 42.5 Å². The summed E-state index contributed by atoms with van der Waals surface area (Å²) < 4.78 is 11.3.